The predicted octanol–water partition coefficient (Wildman–Crippen LogP) is -2.53. The fraction of sp³-hybridized carbons (Fsp3) is 0.750. The van der Waals surface area contributed by atoms with Gasteiger partial charge in [-0.1, -0.05) is 0 Å². The van der Waals surface area contributed by atoms with E-state index < -0.39 is 12.0 Å². The van der Waals surface area contributed by atoms with E-state index in [2.05, 4.69) is 17.0 Å². The minimum Gasteiger partial charge on any atom is -0.480 e. The number of carboxylic acid groups (broad SMARTS) is 1. The Kier molecular flexibility index (Phi) is 10.00. The summed E-state index contributed by atoms with van der Waals surface area (Å²) in [7, 11) is 1.48. The number of aliphatic carboxylic acids is 1. The van der Waals surface area contributed by atoms with Crippen LogP contribution in [0.25, 0.3) is 0 Å². The Morgan fingerprint density at radius 1 is 1.70 bits per heavy atom. The maximum atomic E-state index is 9.94. The van der Waals surface area contributed by atoms with Crippen LogP contribution in [0.3, 0.4) is 0 Å². The number of hydrazine groups is 1. The Balaban J connectivity index is 0. The van der Waals surface area contributed by atoms with E-state index in [1.165, 1.54) is 7.05 Å². The topological polar surface area (TPSA) is 122 Å². The van der Waals surface area contributed by atoms with Gasteiger partial charge in [0.1, 0.15) is 6.04 Å². The molecular formula is C4H13N3O3. The zero-order chi connectivity index (χ0) is 8.57. The second-order valence-corrected chi connectivity index (χ2v) is 1.36. The molecule has 1 atom stereocenters. The smallest absolute Gasteiger partial charge is 0.323 e. The second kappa shape index (κ2) is 8.31. The highest BCUT2D eigenvalue weighted by Gasteiger charge is 2.11. The van der Waals surface area contributed by atoms with Crippen molar-refractivity contribution in [2.75, 3.05) is 13.7 Å². The molecule has 0 saturated carbocycles. The number of hydrogen-bond donors (Lipinski definition) is 5. The second-order valence-electron chi connectivity index (χ2n) is 1.36. The minimum atomic E-state index is -1.03. The van der Waals surface area contributed by atoms with E-state index in [9.17, 15) is 4.79 Å². The fourth-order valence-electron chi connectivity index (χ4n) is 0.293. The van der Waals surface area contributed by atoms with Crippen molar-refractivity contribution in [2.45, 2.75) is 6.04 Å². The molecule has 0 aliphatic heterocycles. The van der Waals surface area contributed by atoms with Crippen molar-refractivity contribution >= 4 is 5.97 Å². The van der Waals surface area contributed by atoms with E-state index in [4.69, 9.17) is 10.2 Å². The number of nitrogens with two attached hydrogens (primary N) is 2. The van der Waals surface area contributed by atoms with Gasteiger partial charge in [-0.15, -0.1) is 0 Å². The summed E-state index contributed by atoms with van der Waals surface area (Å²) in [6.45, 7) is -0.369. The highest BCUT2D eigenvalue weighted by molar-refractivity contribution is 5.73. The van der Waals surface area contributed by atoms with Crippen LogP contribution >= 0.6 is 0 Å². The lowest BCUT2D eigenvalue weighted by Crippen LogP contribution is -2.36. The average Bonchev–Trinajstić information content (AvgIpc) is 1.94. The van der Waals surface area contributed by atoms with Crippen molar-refractivity contribution in [1.29, 1.82) is 0 Å². The van der Waals surface area contributed by atoms with Crippen LogP contribution in [0, 0.1) is 0 Å². The first kappa shape index (κ1) is 12.0. The molecule has 0 aromatic rings. The van der Waals surface area contributed by atoms with Crippen LogP contribution in [0.15, 0.2) is 0 Å². The van der Waals surface area contributed by atoms with Gasteiger partial charge >= 0.3 is 5.97 Å². The van der Waals surface area contributed by atoms with Gasteiger partial charge in [-0.05, 0) is 7.05 Å². The minimum absolute atomic E-state index is 0.369. The van der Waals surface area contributed by atoms with Crippen LogP contribution in [-0.2, 0) is 4.79 Å². The number of likely N-dealkylation sites (N-methyl/N-ethyl adjacent to an activating group) is 1. The lowest BCUT2D eigenvalue weighted by Gasteiger charge is -2.04. The molecule has 7 N–H and O–H groups in total. The van der Waals surface area contributed by atoms with E-state index in [-0.39, 0.29) is 6.61 Å². The summed E-state index contributed by atoms with van der Waals surface area (Å²) < 4.78 is 0. The van der Waals surface area contributed by atoms with Crippen molar-refractivity contribution in [3.8, 4) is 0 Å². The third-order valence-corrected chi connectivity index (χ3v) is 0.829. The SMILES string of the molecule is CN[C@@H](CO)C(=O)O.NN. The molecule has 0 unspecified atom stereocenters. The number of carboxylic acids is 1. The lowest BCUT2D eigenvalue weighted by molar-refractivity contribution is -0.140. The predicted molar refractivity (Wildman–Crippen MR) is 35.9 cm³/mol. The molecule has 0 spiro atoms. The summed E-state index contributed by atoms with van der Waals surface area (Å²) >= 11 is 0. The van der Waals surface area contributed by atoms with Crippen LogP contribution in [0.5, 0.6) is 0 Å². The highest BCUT2D eigenvalue weighted by Crippen LogP contribution is 1.76. The zero-order valence-corrected chi connectivity index (χ0v) is 5.74. The molecule has 6 nitrogen and oxygen atoms in total. The van der Waals surface area contributed by atoms with Crippen LogP contribution in [0.1, 0.15) is 0 Å². The molecule has 0 radical (unpaired) electrons. The molecule has 0 rings (SSSR count). The van der Waals surface area contributed by atoms with Crippen LogP contribution in [0.2, 0.25) is 0 Å². The molecule has 0 aromatic heterocycles. The summed E-state index contributed by atoms with van der Waals surface area (Å²) in [5.74, 6) is 6.97. The van der Waals surface area contributed by atoms with Crippen molar-refractivity contribution in [2.24, 2.45) is 11.7 Å². The Morgan fingerprint density at radius 3 is 2.10 bits per heavy atom. The Bertz CT molecular complexity index is 83.8. The van der Waals surface area contributed by atoms with Gasteiger partial charge in [0.05, 0.1) is 6.61 Å². The molecule has 0 bridgehead atoms. The van der Waals surface area contributed by atoms with Crippen LogP contribution in [-0.4, -0.2) is 35.9 Å². The Morgan fingerprint density at radius 2 is 2.10 bits per heavy atom. The number of aliphatic hydroxyl groups excluding tert-OH is 1. The van der Waals surface area contributed by atoms with Gasteiger partial charge in [0.15, 0.2) is 0 Å². The van der Waals surface area contributed by atoms with Gasteiger partial charge in [-0.3, -0.25) is 16.5 Å². The summed E-state index contributed by atoms with van der Waals surface area (Å²) in [4.78, 5) is 9.94. The molecule has 6 heteroatoms. The summed E-state index contributed by atoms with van der Waals surface area (Å²) in [5, 5.41) is 18.8. The van der Waals surface area contributed by atoms with Crippen molar-refractivity contribution < 1.29 is 15.0 Å². The quantitative estimate of drug-likeness (QED) is 0.224. The number of rotatable bonds is 3. The average molecular weight is 151 g/mol. The molecule has 0 heterocycles. The molecule has 0 aromatic carbocycles. The van der Waals surface area contributed by atoms with Gasteiger partial charge in [0, 0.05) is 0 Å². The summed E-state index contributed by atoms with van der Waals surface area (Å²) in [6, 6.07) is -0.824. The molecule has 0 aliphatic carbocycles. The number of carbonyl (C=O) groups is 1. The Labute approximate surface area is 58.8 Å². The summed E-state index contributed by atoms with van der Waals surface area (Å²) in [5.41, 5.74) is 0. The van der Waals surface area contributed by atoms with Gasteiger partial charge < -0.3 is 15.5 Å². The Hall–Kier alpha value is -0.690. The first-order valence-corrected chi connectivity index (χ1v) is 2.56. The van der Waals surface area contributed by atoms with Crippen molar-refractivity contribution in [3.05, 3.63) is 0 Å². The van der Waals surface area contributed by atoms with Gasteiger partial charge in [0.25, 0.3) is 0 Å². The first-order valence-electron chi connectivity index (χ1n) is 2.56. The van der Waals surface area contributed by atoms with Gasteiger partial charge in [-0.25, -0.2) is 0 Å². The first-order chi connectivity index (χ1) is 4.72. The van der Waals surface area contributed by atoms with E-state index in [1.807, 2.05) is 0 Å². The van der Waals surface area contributed by atoms with E-state index in [1.54, 1.807) is 0 Å². The number of hydrogen-bond acceptors (Lipinski definition) is 5. The molecule has 0 fully saturated rings. The maximum absolute atomic E-state index is 9.94. The molecule has 0 aliphatic rings. The van der Waals surface area contributed by atoms with Crippen LogP contribution in [0.4, 0.5) is 0 Å². The molecule has 0 amide bonds. The summed E-state index contributed by atoms with van der Waals surface area (Å²) in [6.07, 6.45) is 0. The maximum Gasteiger partial charge on any atom is 0.323 e. The third-order valence-electron chi connectivity index (χ3n) is 0.829. The van der Waals surface area contributed by atoms with Crippen LogP contribution < -0.4 is 17.0 Å². The highest BCUT2D eigenvalue weighted by atomic mass is 16.4. The monoisotopic (exact) mass is 151 g/mol. The van der Waals surface area contributed by atoms with E-state index in [0.717, 1.165) is 0 Å². The normalized spacial score (nSPS) is 11.2. The largest absolute Gasteiger partial charge is 0.480 e. The van der Waals surface area contributed by atoms with Gasteiger partial charge in [-0.2, -0.15) is 0 Å². The van der Waals surface area contributed by atoms with E-state index in [0.29, 0.717) is 0 Å². The van der Waals surface area contributed by atoms with E-state index >= 15 is 0 Å². The number of nitrogens with one attached hydrogen (secondary N) is 1. The van der Waals surface area contributed by atoms with Crippen molar-refractivity contribution in [1.82, 2.24) is 5.32 Å². The standard InChI is InChI=1S/C4H9NO3.H4N2/c1-5-3(2-6)4(7)8;1-2/h3,5-6H,2H2,1H3,(H,7,8);1-2H2/t3-;/m0./s1. The molecule has 10 heavy (non-hydrogen) atoms. The molecular weight excluding hydrogens is 138 g/mol. The molecule has 0 saturated heterocycles. The van der Waals surface area contributed by atoms with Crippen molar-refractivity contribution in [3.63, 3.8) is 0 Å². The lowest BCUT2D eigenvalue weighted by atomic mass is 10.3. The number of aliphatic hydroxyl groups is 1. The third kappa shape index (κ3) is 5.45. The fourth-order valence-corrected chi connectivity index (χ4v) is 0.293. The zero-order valence-electron chi connectivity index (χ0n) is 5.74. The molecule has 62 valence electrons. The van der Waals surface area contributed by atoms with Gasteiger partial charge in [0.2, 0.25) is 0 Å².